The SMILES string of the molecule is O=C[C@H]1C[C@@H]1N1C(=O)c2ccccc2C1=O. The molecule has 3 rings (SSSR count). The molecule has 0 aromatic heterocycles. The van der Waals surface area contributed by atoms with Gasteiger partial charge in [0.15, 0.2) is 0 Å². The molecule has 2 amide bonds. The van der Waals surface area contributed by atoms with Crippen molar-refractivity contribution >= 4 is 18.1 Å². The molecule has 0 spiro atoms. The van der Waals surface area contributed by atoms with Gasteiger partial charge >= 0.3 is 0 Å². The lowest BCUT2D eigenvalue weighted by molar-refractivity contribution is -0.109. The van der Waals surface area contributed by atoms with Crippen molar-refractivity contribution in [2.45, 2.75) is 12.5 Å². The Hall–Kier alpha value is -1.97. The Bertz CT molecular complexity index is 474. The minimum atomic E-state index is -0.269. The molecule has 1 aromatic rings. The highest BCUT2D eigenvalue weighted by Crippen LogP contribution is 2.38. The Balaban J connectivity index is 1.99. The number of amides is 2. The van der Waals surface area contributed by atoms with Crippen LogP contribution in [0.4, 0.5) is 0 Å². The van der Waals surface area contributed by atoms with E-state index in [0.29, 0.717) is 17.5 Å². The lowest BCUT2D eigenvalue weighted by atomic mass is 10.1. The van der Waals surface area contributed by atoms with Crippen molar-refractivity contribution in [3.05, 3.63) is 35.4 Å². The first-order valence-corrected chi connectivity index (χ1v) is 5.16. The van der Waals surface area contributed by atoms with Crippen LogP contribution in [0.3, 0.4) is 0 Å². The molecule has 4 nitrogen and oxygen atoms in total. The maximum absolute atomic E-state index is 11.9. The van der Waals surface area contributed by atoms with E-state index in [-0.39, 0.29) is 23.8 Å². The zero-order valence-corrected chi connectivity index (χ0v) is 8.42. The highest BCUT2D eigenvalue weighted by Gasteiger charge is 2.50. The molecule has 1 heterocycles. The van der Waals surface area contributed by atoms with Crippen LogP contribution < -0.4 is 0 Å². The number of hydrogen-bond acceptors (Lipinski definition) is 3. The van der Waals surface area contributed by atoms with Crippen LogP contribution >= 0.6 is 0 Å². The number of imide groups is 1. The summed E-state index contributed by atoms with van der Waals surface area (Å²) in [5.74, 6) is -0.702. The predicted octanol–water partition coefficient (Wildman–Crippen LogP) is 0.870. The first kappa shape index (κ1) is 9.27. The van der Waals surface area contributed by atoms with Gasteiger partial charge in [0.25, 0.3) is 11.8 Å². The van der Waals surface area contributed by atoms with Gasteiger partial charge in [0.05, 0.1) is 17.2 Å². The number of carbonyl (C=O) groups excluding carboxylic acids is 3. The molecule has 4 heteroatoms. The zero-order chi connectivity index (χ0) is 11.3. The van der Waals surface area contributed by atoms with Crippen LogP contribution in [0.15, 0.2) is 24.3 Å². The zero-order valence-electron chi connectivity index (χ0n) is 8.42. The number of fused-ring (bicyclic) bond motifs is 1. The molecule has 1 aromatic carbocycles. The topological polar surface area (TPSA) is 54.5 Å². The number of benzene rings is 1. The molecule has 1 fully saturated rings. The highest BCUT2D eigenvalue weighted by molar-refractivity contribution is 6.21. The quantitative estimate of drug-likeness (QED) is 0.543. The molecule has 1 aliphatic heterocycles. The number of rotatable bonds is 2. The van der Waals surface area contributed by atoms with Gasteiger partial charge in [0.1, 0.15) is 6.29 Å². The predicted molar refractivity (Wildman–Crippen MR) is 54.9 cm³/mol. The third-order valence-electron chi connectivity index (χ3n) is 3.14. The molecule has 0 N–H and O–H groups in total. The summed E-state index contributed by atoms with van der Waals surface area (Å²) in [6.45, 7) is 0. The molecule has 0 unspecified atom stereocenters. The Morgan fingerprint density at radius 2 is 1.69 bits per heavy atom. The summed E-state index contributed by atoms with van der Waals surface area (Å²) in [5.41, 5.74) is 0.896. The van der Waals surface area contributed by atoms with Gasteiger partial charge in [-0.15, -0.1) is 0 Å². The Kier molecular flexibility index (Phi) is 1.74. The summed E-state index contributed by atoms with van der Waals surface area (Å²) in [4.78, 5) is 35.7. The molecule has 0 saturated heterocycles. The van der Waals surface area contributed by atoms with Crippen LogP contribution in [-0.2, 0) is 4.79 Å². The fourth-order valence-electron chi connectivity index (χ4n) is 2.15. The molecule has 0 bridgehead atoms. The van der Waals surface area contributed by atoms with Crippen molar-refractivity contribution < 1.29 is 14.4 Å². The minimum absolute atomic E-state index is 0.165. The van der Waals surface area contributed by atoms with E-state index < -0.39 is 0 Å². The average molecular weight is 215 g/mol. The van der Waals surface area contributed by atoms with E-state index in [9.17, 15) is 14.4 Å². The van der Waals surface area contributed by atoms with Crippen LogP contribution in [0.1, 0.15) is 27.1 Å². The van der Waals surface area contributed by atoms with Gasteiger partial charge in [-0.3, -0.25) is 14.5 Å². The number of carbonyl (C=O) groups is 3. The molecule has 0 radical (unpaired) electrons. The standard InChI is InChI=1S/C12H9NO3/c14-6-7-5-10(7)13-11(15)8-3-1-2-4-9(8)12(13)16/h1-4,6-7,10H,5H2/t7-,10+/m1/s1. The monoisotopic (exact) mass is 215 g/mol. The van der Waals surface area contributed by atoms with Crippen LogP contribution in [0.5, 0.6) is 0 Å². The summed E-state index contributed by atoms with van der Waals surface area (Å²) in [6.07, 6.45) is 1.42. The van der Waals surface area contributed by atoms with E-state index in [4.69, 9.17) is 0 Å². The third kappa shape index (κ3) is 1.07. The van der Waals surface area contributed by atoms with E-state index in [1.165, 1.54) is 4.90 Å². The number of nitrogens with zero attached hydrogens (tertiary/aromatic N) is 1. The van der Waals surface area contributed by atoms with Crippen molar-refractivity contribution in [3.63, 3.8) is 0 Å². The summed E-state index contributed by atoms with van der Waals surface area (Å²) < 4.78 is 0. The summed E-state index contributed by atoms with van der Waals surface area (Å²) >= 11 is 0. The Morgan fingerprint density at radius 1 is 1.12 bits per heavy atom. The molecule has 1 saturated carbocycles. The lowest BCUT2D eigenvalue weighted by Crippen LogP contribution is -2.33. The van der Waals surface area contributed by atoms with Crippen LogP contribution in [-0.4, -0.2) is 29.0 Å². The summed E-state index contributed by atoms with van der Waals surface area (Å²) in [7, 11) is 0. The van der Waals surface area contributed by atoms with Crippen molar-refractivity contribution in [2.24, 2.45) is 5.92 Å². The fourth-order valence-corrected chi connectivity index (χ4v) is 2.15. The van der Waals surface area contributed by atoms with Crippen molar-refractivity contribution in [3.8, 4) is 0 Å². The van der Waals surface area contributed by atoms with Crippen molar-refractivity contribution in [2.75, 3.05) is 0 Å². The number of hydrogen-bond donors (Lipinski definition) is 0. The molecule has 16 heavy (non-hydrogen) atoms. The van der Waals surface area contributed by atoms with Gasteiger partial charge < -0.3 is 4.79 Å². The van der Waals surface area contributed by atoms with E-state index >= 15 is 0 Å². The van der Waals surface area contributed by atoms with E-state index in [1.54, 1.807) is 24.3 Å². The van der Waals surface area contributed by atoms with Gasteiger partial charge in [0, 0.05) is 5.92 Å². The molecular formula is C12H9NO3. The van der Waals surface area contributed by atoms with Crippen molar-refractivity contribution in [1.29, 1.82) is 0 Å². The normalized spacial score (nSPS) is 26.9. The van der Waals surface area contributed by atoms with Gasteiger partial charge in [-0.1, -0.05) is 12.1 Å². The molecule has 80 valence electrons. The van der Waals surface area contributed by atoms with Crippen LogP contribution in [0, 0.1) is 5.92 Å². The second-order valence-corrected chi connectivity index (χ2v) is 4.13. The van der Waals surface area contributed by atoms with Gasteiger partial charge in [-0.2, -0.15) is 0 Å². The number of aldehydes is 1. The third-order valence-corrected chi connectivity index (χ3v) is 3.14. The first-order chi connectivity index (χ1) is 7.74. The van der Waals surface area contributed by atoms with Gasteiger partial charge in [-0.25, -0.2) is 0 Å². The maximum Gasteiger partial charge on any atom is 0.261 e. The molecule has 2 aliphatic rings. The lowest BCUT2D eigenvalue weighted by Gasteiger charge is -2.12. The molecule has 2 atom stereocenters. The van der Waals surface area contributed by atoms with E-state index in [2.05, 4.69) is 0 Å². The first-order valence-electron chi connectivity index (χ1n) is 5.16. The Morgan fingerprint density at radius 3 is 2.12 bits per heavy atom. The van der Waals surface area contributed by atoms with Gasteiger partial charge in [-0.05, 0) is 18.6 Å². The smallest absolute Gasteiger partial charge is 0.261 e. The molecular weight excluding hydrogens is 206 g/mol. The Labute approximate surface area is 91.9 Å². The maximum atomic E-state index is 11.9. The molecule has 1 aliphatic carbocycles. The highest BCUT2D eigenvalue weighted by atomic mass is 16.2. The summed E-state index contributed by atoms with van der Waals surface area (Å²) in [5, 5.41) is 0. The van der Waals surface area contributed by atoms with E-state index in [1.807, 2.05) is 0 Å². The fraction of sp³-hybridized carbons (Fsp3) is 0.250. The van der Waals surface area contributed by atoms with Crippen molar-refractivity contribution in [1.82, 2.24) is 4.90 Å². The van der Waals surface area contributed by atoms with Crippen LogP contribution in [0.25, 0.3) is 0 Å². The van der Waals surface area contributed by atoms with Gasteiger partial charge in [0.2, 0.25) is 0 Å². The average Bonchev–Trinajstić information content (AvgIpc) is 3.03. The summed E-state index contributed by atoms with van der Waals surface area (Å²) in [6, 6.07) is 6.54. The van der Waals surface area contributed by atoms with E-state index in [0.717, 1.165) is 6.29 Å². The largest absolute Gasteiger partial charge is 0.303 e. The minimum Gasteiger partial charge on any atom is -0.303 e. The second-order valence-electron chi connectivity index (χ2n) is 4.13. The second kappa shape index (κ2) is 3.01. The van der Waals surface area contributed by atoms with Crippen LogP contribution in [0.2, 0.25) is 0 Å².